The number of aliphatic hydroxyl groups is 2. The van der Waals surface area contributed by atoms with Gasteiger partial charge in [0.05, 0.1) is 0 Å². The molecule has 4 bridgehead atoms. The van der Waals surface area contributed by atoms with Crippen LogP contribution in [0.1, 0.15) is 32.1 Å². The van der Waals surface area contributed by atoms with Gasteiger partial charge in [-0.2, -0.15) is 0 Å². The summed E-state index contributed by atoms with van der Waals surface area (Å²) in [6, 6.07) is 0. The fourth-order valence-electron chi connectivity index (χ4n) is 6.62. The van der Waals surface area contributed by atoms with E-state index in [-0.39, 0.29) is 0 Å². The number of allylic oxidation sites excluding steroid dienone is 2. The summed E-state index contributed by atoms with van der Waals surface area (Å²) in [5.41, 5.74) is 0. The van der Waals surface area contributed by atoms with Crippen LogP contribution in [0.25, 0.3) is 0 Å². The van der Waals surface area contributed by atoms with Gasteiger partial charge in [0.25, 0.3) is 0 Å². The van der Waals surface area contributed by atoms with Crippen molar-refractivity contribution in [2.24, 2.45) is 47.3 Å². The normalized spacial score (nSPS) is 53.2. The van der Waals surface area contributed by atoms with Gasteiger partial charge in [0.1, 0.15) is 0 Å². The second kappa shape index (κ2) is 4.60. The third kappa shape index (κ3) is 1.62. The summed E-state index contributed by atoms with van der Waals surface area (Å²) >= 11 is 0. The van der Waals surface area contributed by atoms with Crippen LogP contribution >= 0.6 is 0 Å². The molecule has 2 N–H and O–H groups in total. The molecule has 0 aromatic heterocycles. The SMILES string of the molecule is OCCCC1C(CCO)C2CC1C1C3C=CC(C3)C21. The molecular formula is C17H26O2. The molecule has 19 heavy (non-hydrogen) atoms. The summed E-state index contributed by atoms with van der Waals surface area (Å²) in [4.78, 5) is 0. The van der Waals surface area contributed by atoms with Gasteiger partial charge in [0.15, 0.2) is 0 Å². The number of rotatable bonds is 5. The molecule has 8 unspecified atom stereocenters. The Morgan fingerprint density at radius 3 is 2.00 bits per heavy atom. The van der Waals surface area contributed by atoms with E-state index in [0.717, 1.165) is 60.2 Å². The van der Waals surface area contributed by atoms with Crippen molar-refractivity contribution >= 4 is 0 Å². The van der Waals surface area contributed by atoms with Crippen molar-refractivity contribution in [1.29, 1.82) is 0 Å². The van der Waals surface area contributed by atoms with Crippen LogP contribution in [0.15, 0.2) is 12.2 Å². The van der Waals surface area contributed by atoms with Gasteiger partial charge in [-0.15, -0.1) is 0 Å². The third-order valence-corrected chi connectivity index (χ3v) is 6.92. The van der Waals surface area contributed by atoms with Gasteiger partial charge in [0, 0.05) is 13.2 Å². The Kier molecular flexibility index (Phi) is 3.00. The van der Waals surface area contributed by atoms with E-state index in [2.05, 4.69) is 12.2 Å². The minimum atomic E-state index is 0.333. The zero-order valence-electron chi connectivity index (χ0n) is 11.6. The number of hydrogen-bond acceptors (Lipinski definition) is 2. The Balaban J connectivity index is 1.58. The van der Waals surface area contributed by atoms with Gasteiger partial charge >= 0.3 is 0 Å². The smallest absolute Gasteiger partial charge is 0.0433 e. The van der Waals surface area contributed by atoms with Gasteiger partial charge < -0.3 is 10.2 Å². The second-order valence-corrected chi connectivity index (χ2v) is 7.37. The largest absolute Gasteiger partial charge is 0.396 e. The van der Waals surface area contributed by atoms with Crippen LogP contribution in [0.5, 0.6) is 0 Å². The van der Waals surface area contributed by atoms with Crippen molar-refractivity contribution in [2.75, 3.05) is 13.2 Å². The lowest BCUT2D eigenvalue weighted by Crippen LogP contribution is -2.37. The highest BCUT2D eigenvalue weighted by atomic mass is 16.3. The molecule has 2 heteroatoms. The average molecular weight is 262 g/mol. The van der Waals surface area contributed by atoms with Crippen molar-refractivity contribution in [3.63, 3.8) is 0 Å². The number of fused-ring (bicyclic) bond motifs is 9. The highest BCUT2D eigenvalue weighted by Crippen LogP contribution is 2.69. The molecule has 0 aliphatic heterocycles. The lowest BCUT2D eigenvalue weighted by Gasteiger charge is -2.42. The molecule has 4 aliphatic carbocycles. The zero-order valence-corrected chi connectivity index (χ0v) is 11.6. The van der Waals surface area contributed by atoms with Gasteiger partial charge in [0.2, 0.25) is 0 Å². The summed E-state index contributed by atoms with van der Waals surface area (Å²) in [5, 5.41) is 18.6. The minimum Gasteiger partial charge on any atom is -0.396 e. The van der Waals surface area contributed by atoms with Crippen molar-refractivity contribution in [1.82, 2.24) is 0 Å². The zero-order chi connectivity index (χ0) is 13.0. The molecule has 4 aliphatic rings. The van der Waals surface area contributed by atoms with Crippen LogP contribution in [-0.2, 0) is 0 Å². The minimum absolute atomic E-state index is 0.333. The van der Waals surface area contributed by atoms with E-state index in [1.165, 1.54) is 19.3 Å². The Hall–Kier alpha value is -0.340. The first-order chi connectivity index (χ1) is 9.35. The second-order valence-electron chi connectivity index (χ2n) is 7.37. The summed E-state index contributed by atoms with van der Waals surface area (Å²) in [5.74, 6) is 6.96. The summed E-state index contributed by atoms with van der Waals surface area (Å²) in [7, 11) is 0. The maximum atomic E-state index is 9.41. The summed E-state index contributed by atoms with van der Waals surface area (Å²) in [6.45, 7) is 0.685. The van der Waals surface area contributed by atoms with Crippen LogP contribution < -0.4 is 0 Å². The van der Waals surface area contributed by atoms with E-state index in [1.807, 2.05) is 0 Å². The lowest BCUT2D eigenvalue weighted by atomic mass is 9.63. The van der Waals surface area contributed by atoms with Crippen molar-refractivity contribution in [2.45, 2.75) is 32.1 Å². The molecule has 0 saturated heterocycles. The highest BCUT2D eigenvalue weighted by Gasteiger charge is 2.63. The molecule has 0 amide bonds. The average Bonchev–Trinajstić information content (AvgIpc) is 3.14. The fraction of sp³-hybridized carbons (Fsp3) is 0.882. The molecule has 0 heterocycles. The van der Waals surface area contributed by atoms with Gasteiger partial charge in [-0.3, -0.25) is 0 Å². The summed E-state index contributed by atoms with van der Waals surface area (Å²) < 4.78 is 0. The molecule has 2 nitrogen and oxygen atoms in total. The van der Waals surface area contributed by atoms with Crippen molar-refractivity contribution < 1.29 is 10.2 Å². The first-order valence-corrected chi connectivity index (χ1v) is 8.25. The van der Waals surface area contributed by atoms with Crippen molar-refractivity contribution in [3.05, 3.63) is 12.2 Å². The monoisotopic (exact) mass is 262 g/mol. The Bertz CT molecular complexity index is 377. The predicted octanol–water partition coefficient (Wildman–Crippen LogP) is 2.46. The van der Waals surface area contributed by atoms with E-state index in [4.69, 9.17) is 5.11 Å². The standard InChI is InChI=1S/C17H26O2/c18-6-1-2-12-13(5-7-19)15-9-14(12)16-10-3-4-11(8-10)17(15)16/h3-4,10-19H,1-2,5-9H2. The fourth-order valence-corrected chi connectivity index (χ4v) is 6.62. The molecule has 4 rings (SSSR count). The Labute approximate surface area is 115 Å². The third-order valence-electron chi connectivity index (χ3n) is 6.92. The number of hydrogen-bond donors (Lipinski definition) is 2. The first-order valence-electron chi connectivity index (χ1n) is 8.25. The molecule has 3 saturated carbocycles. The van der Waals surface area contributed by atoms with E-state index >= 15 is 0 Å². The molecule has 8 atom stereocenters. The number of aliphatic hydroxyl groups excluding tert-OH is 2. The maximum absolute atomic E-state index is 9.41. The first kappa shape index (κ1) is 12.4. The predicted molar refractivity (Wildman–Crippen MR) is 74.3 cm³/mol. The van der Waals surface area contributed by atoms with Crippen LogP contribution in [-0.4, -0.2) is 23.4 Å². The van der Waals surface area contributed by atoms with Crippen LogP contribution in [0.2, 0.25) is 0 Å². The van der Waals surface area contributed by atoms with Gasteiger partial charge in [-0.05, 0) is 79.4 Å². The van der Waals surface area contributed by atoms with Crippen LogP contribution in [0, 0.1) is 47.3 Å². The van der Waals surface area contributed by atoms with E-state index < -0.39 is 0 Å². The summed E-state index contributed by atoms with van der Waals surface area (Å²) in [6.07, 6.45) is 11.0. The lowest BCUT2D eigenvalue weighted by molar-refractivity contribution is 0.0616. The molecule has 0 radical (unpaired) electrons. The Morgan fingerprint density at radius 2 is 1.42 bits per heavy atom. The van der Waals surface area contributed by atoms with Crippen LogP contribution in [0.3, 0.4) is 0 Å². The molecule has 106 valence electrons. The molecule has 0 spiro atoms. The molecule has 3 fully saturated rings. The maximum Gasteiger partial charge on any atom is 0.0433 e. The molecular weight excluding hydrogens is 236 g/mol. The van der Waals surface area contributed by atoms with Gasteiger partial charge in [-0.1, -0.05) is 12.2 Å². The van der Waals surface area contributed by atoms with E-state index in [1.54, 1.807) is 0 Å². The van der Waals surface area contributed by atoms with E-state index in [0.29, 0.717) is 13.2 Å². The van der Waals surface area contributed by atoms with Crippen LogP contribution in [0.4, 0.5) is 0 Å². The molecule has 0 aromatic rings. The topological polar surface area (TPSA) is 40.5 Å². The van der Waals surface area contributed by atoms with E-state index in [9.17, 15) is 5.11 Å². The molecule has 0 aromatic carbocycles. The Morgan fingerprint density at radius 1 is 0.789 bits per heavy atom. The van der Waals surface area contributed by atoms with Gasteiger partial charge in [-0.25, -0.2) is 0 Å². The highest BCUT2D eigenvalue weighted by molar-refractivity contribution is 5.21. The quantitative estimate of drug-likeness (QED) is 0.590. The van der Waals surface area contributed by atoms with Crippen molar-refractivity contribution in [3.8, 4) is 0 Å².